The number of aromatic nitrogens is 3. The molecule has 0 aliphatic carbocycles. The number of carboxylic acid groups (broad SMARTS) is 1. The zero-order valence-electron chi connectivity index (χ0n) is 13.6. The van der Waals surface area contributed by atoms with Crippen molar-refractivity contribution in [1.29, 1.82) is 0 Å². The molecule has 0 saturated carbocycles. The summed E-state index contributed by atoms with van der Waals surface area (Å²) >= 11 is 0. The average molecular weight is 339 g/mol. The van der Waals surface area contributed by atoms with Crippen molar-refractivity contribution in [3.8, 4) is 11.4 Å². The summed E-state index contributed by atoms with van der Waals surface area (Å²) < 4.78 is 2.00. The molecule has 0 radical (unpaired) electrons. The van der Waals surface area contributed by atoms with Crippen LogP contribution in [-0.2, 0) is 0 Å². The van der Waals surface area contributed by atoms with Crippen LogP contribution in [0.3, 0.4) is 0 Å². The van der Waals surface area contributed by atoms with Gasteiger partial charge in [0.2, 0.25) is 0 Å². The molecule has 5 heteroatoms. The number of aromatic carboxylic acids is 1. The van der Waals surface area contributed by atoms with E-state index in [0.29, 0.717) is 5.82 Å². The maximum Gasteiger partial charge on any atom is 0.335 e. The first-order valence-corrected chi connectivity index (χ1v) is 8.22. The lowest BCUT2D eigenvalue weighted by atomic mass is 10.1. The minimum Gasteiger partial charge on any atom is -0.478 e. The normalized spacial score (nSPS) is 11.4. The van der Waals surface area contributed by atoms with Crippen molar-refractivity contribution in [2.45, 2.75) is 0 Å². The molecule has 0 bridgehead atoms. The Bertz CT molecular complexity index is 1320. The van der Waals surface area contributed by atoms with Crippen molar-refractivity contribution in [3.05, 3.63) is 78.4 Å². The molecule has 2 aromatic heterocycles. The summed E-state index contributed by atoms with van der Waals surface area (Å²) in [6, 6.07) is 22.6. The highest BCUT2D eigenvalue weighted by molar-refractivity contribution is 5.98. The number of nitrogens with zero attached hydrogens (tertiary/aromatic N) is 3. The molecule has 0 aliphatic rings. The van der Waals surface area contributed by atoms with Crippen LogP contribution >= 0.6 is 0 Å². The van der Waals surface area contributed by atoms with Gasteiger partial charge < -0.3 is 5.11 Å². The van der Waals surface area contributed by atoms with Gasteiger partial charge in [-0.2, -0.15) is 0 Å². The molecule has 0 fully saturated rings. The van der Waals surface area contributed by atoms with E-state index < -0.39 is 5.97 Å². The van der Waals surface area contributed by atoms with Crippen LogP contribution in [0, 0.1) is 0 Å². The topological polar surface area (TPSA) is 67.5 Å². The third-order valence-corrected chi connectivity index (χ3v) is 4.51. The summed E-state index contributed by atoms with van der Waals surface area (Å²) in [6.45, 7) is 0. The molecule has 124 valence electrons. The van der Waals surface area contributed by atoms with Crippen LogP contribution < -0.4 is 0 Å². The number of benzene rings is 3. The first-order valence-electron chi connectivity index (χ1n) is 8.22. The maximum atomic E-state index is 11.4. The Morgan fingerprint density at radius 1 is 0.846 bits per heavy atom. The van der Waals surface area contributed by atoms with Crippen LogP contribution in [-0.4, -0.2) is 25.4 Å². The van der Waals surface area contributed by atoms with Crippen molar-refractivity contribution in [3.63, 3.8) is 0 Å². The van der Waals surface area contributed by atoms with Gasteiger partial charge in [0, 0.05) is 10.9 Å². The fraction of sp³-hybridized carbons (Fsp3) is 0. The van der Waals surface area contributed by atoms with Gasteiger partial charge in [0.25, 0.3) is 0 Å². The van der Waals surface area contributed by atoms with Gasteiger partial charge in [-0.05, 0) is 36.4 Å². The number of hydrogen-bond acceptors (Lipinski definition) is 3. The van der Waals surface area contributed by atoms with E-state index in [1.807, 2.05) is 59.0 Å². The summed E-state index contributed by atoms with van der Waals surface area (Å²) in [5.41, 5.74) is 4.43. The number of imidazole rings is 1. The Kier molecular flexibility index (Phi) is 3.03. The fourth-order valence-electron chi connectivity index (χ4n) is 3.33. The number of para-hydroxylation sites is 3. The van der Waals surface area contributed by atoms with Gasteiger partial charge >= 0.3 is 5.97 Å². The van der Waals surface area contributed by atoms with Crippen molar-refractivity contribution < 1.29 is 9.90 Å². The summed E-state index contributed by atoms with van der Waals surface area (Å²) in [4.78, 5) is 21.0. The van der Waals surface area contributed by atoms with Gasteiger partial charge in [0.1, 0.15) is 11.5 Å². The average Bonchev–Trinajstić information content (AvgIpc) is 3.07. The quantitative estimate of drug-likeness (QED) is 0.517. The molecule has 2 heterocycles. The Hall–Kier alpha value is -3.73. The molecule has 0 spiro atoms. The molecule has 26 heavy (non-hydrogen) atoms. The van der Waals surface area contributed by atoms with Gasteiger partial charge in [0.05, 0.1) is 22.1 Å². The summed E-state index contributed by atoms with van der Waals surface area (Å²) in [5, 5.41) is 10.3. The van der Waals surface area contributed by atoms with Crippen LogP contribution in [0.2, 0.25) is 0 Å². The zero-order chi connectivity index (χ0) is 17.7. The number of rotatable bonds is 2. The maximum absolute atomic E-state index is 11.4. The number of carboxylic acids is 1. The Balaban J connectivity index is 1.97. The van der Waals surface area contributed by atoms with Crippen molar-refractivity contribution >= 4 is 33.6 Å². The van der Waals surface area contributed by atoms with E-state index in [9.17, 15) is 9.90 Å². The third-order valence-electron chi connectivity index (χ3n) is 4.51. The molecular formula is C21H13N3O2. The van der Waals surface area contributed by atoms with Crippen molar-refractivity contribution in [2.75, 3.05) is 0 Å². The monoisotopic (exact) mass is 339 g/mol. The Morgan fingerprint density at radius 3 is 2.46 bits per heavy atom. The SMILES string of the molecule is O=C(O)c1cccc(-c2nc3ccccc3c3nc4ccccc4n23)c1. The molecule has 3 aromatic carbocycles. The lowest BCUT2D eigenvalue weighted by Gasteiger charge is -2.09. The zero-order valence-corrected chi connectivity index (χ0v) is 13.6. The molecule has 5 rings (SSSR count). The predicted molar refractivity (Wildman–Crippen MR) is 100 cm³/mol. The van der Waals surface area contributed by atoms with E-state index in [1.165, 1.54) is 0 Å². The third kappa shape index (κ3) is 2.07. The minimum atomic E-state index is -0.959. The molecule has 0 saturated heterocycles. The smallest absolute Gasteiger partial charge is 0.335 e. The lowest BCUT2D eigenvalue weighted by Crippen LogP contribution is -2.00. The van der Waals surface area contributed by atoms with Gasteiger partial charge in [-0.1, -0.05) is 36.4 Å². The van der Waals surface area contributed by atoms with Gasteiger partial charge in [-0.3, -0.25) is 4.40 Å². The van der Waals surface area contributed by atoms with Crippen LogP contribution in [0.5, 0.6) is 0 Å². The second-order valence-corrected chi connectivity index (χ2v) is 6.10. The van der Waals surface area contributed by atoms with E-state index >= 15 is 0 Å². The molecule has 0 amide bonds. The van der Waals surface area contributed by atoms with Crippen LogP contribution in [0.25, 0.3) is 39.0 Å². The highest BCUT2D eigenvalue weighted by Gasteiger charge is 2.15. The van der Waals surface area contributed by atoms with E-state index in [0.717, 1.165) is 33.1 Å². The molecule has 1 N–H and O–H groups in total. The molecule has 5 aromatic rings. The molecule has 5 nitrogen and oxygen atoms in total. The lowest BCUT2D eigenvalue weighted by molar-refractivity contribution is 0.0697. The molecule has 0 atom stereocenters. The molecule has 0 unspecified atom stereocenters. The first-order chi connectivity index (χ1) is 12.7. The fourth-order valence-corrected chi connectivity index (χ4v) is 3.33. The van der Waals surface area contributed by atoms with Crippen molar-refractivity contribution in [1.82, 2.24) is 14.4 Å². The number of fused-ring (bicyclic) bond motifs is 5. The summed E-state index contributed by atoms with van der Waals surface area (Å²) in [7, 11) is 0. The van der Waals surface area contributed by atoms with E-state index in [2.05, 4.69) is 0 Å². The largest absolute Gasteiger partial charge is 0.478 e. The minimum absolute atomic E-state index is 0.232. The number of hydrogen-bond donors (Lipinski definition) is 1. The van der Waals surface area contributed by atoms with Gasteiger partial charge in [0.15, 0.2) is 0 Å². The van der Waals surface area contributed by atoms with Crippen LogP contribution in [0.1, 0.15) is 10.4 Å². The van der Waals surface area contributed by atoms with E-state index in [1.54, 1.807) is 18.2 Å². The predicted octanol–water partition coefficient (Wildman–Crippen LogP) is 4.40. The Labute approximate surface area is 148 Å². The van der Waals surface area contributed by atoms with E-state index in [4.69, 9.17) is 9.97 Å². The van der Waals surface area contributed by atoms with E-state index in [-0.39, 0.29) is 5.56 Å². The van der Waals surface area contributed by atoms with Gasteiger partial charge in [-0.25, -0.2) is 14.8 Å². The van der Waals surface area contributed by atoms with Gasteiger partial charge in [-0.15, -0.1) is 0 Å². The summed E-state index contributed by atoms with van der Waals surface area (Å²) in [6.07, 6.45) is 0. The standard InChI is InChI=1S/C21H13N3O2/c25-21(26)14-7-5-6-13(12-14)19-22-16-9-2-1-8-15(16)20-23-17-10-3-4-11-18(17)24(19)20/h1-12H,(H,25,26). The second kappa shape index (κ2) is 5.39. The second-order valence-electron chi connectivity index (χ2n) is 6.10. The first kappa shape index (κ1) is 14.6. The highest BCUT2D eigenvalue weighted by Crippen LogP contribution is 2.29. The summed E-state index contributed by atoms with van der Waals surface area (Å²) in [5.74, 6) is -0.283. The number of carbonyl (C=O) groups is 1. The van der Waals surface area contributed by atoms with Crippen LogP contribution in [0.4, 0.5) is 0 Å². The van der Waals surface area contributed by atoms with Crippen molar-refractivity contribution in [2.24, 2.45) is 0 Å². The van der Waals surface area contributed by atoms with Crippen LogP contribution in [0.15, 0.2) is 72.8 Å². The molecular weight excluding hydrogens is 326 g/mol. The Morgan fingerprint density at radius 2 is 1.62 bits per heavy atom. The molecule has 0 aliphatic heterocycles. The highest BCUT2D eigenvalue weighted by atomic mass is 16.4.